The van der Waals surface area contributed by atoms with E-state index >= 15 is 0 Å². The molecule has 2 amide bonds. The van der Waals surface area contributed by atoms with Crippen LogP contribution in [0.5, 0.6) is 5.75 Å². The molecule has 2 aromatic carbocycles. The van der Waals surface area contributed by atoms with Crippen molar-refractivity contribution in [1.29, 1.82) is 0 Å². The summed E-state index contributed by atoms with van der Waals surface area (Å²) < 4.78 is 6.40. The minimum atomic E-state index is -0.512. The van der Waals surface area contributed by atoms with Crippen molar-refractivity contribution in [1.82, 2.24) is 4.98 Å². The highest BCUT2D eigenvalue weighted by atomic mass is 79.9. The second-order valence-corrected chi connectivity index (χ2v) is 7.74. The second-order valence-electron chi connectivity index (χ2n) is 5.96. The van der Waals surface area contributed by atoms with Crippen molar-refractivity contribution >= 4 is 49.9 Å². The topological polar surface area (TPSA) is 80.3 Å². The van der Waals surface area contributed by atoms with Crippen LogP contribution >= 0.6 is 27.3 Å². The van der Waals surface area contributed by atoms with Crippen molar-refractivity contribution in [3.63, 3.8) is 0 Å². The molecule has 1 atom stereocenters. The number of fused-ring (bicyclic) bond motifs is 1. The van der Waals surface area contributed by atoms with Crippen molar-refractivity contribution < 1.29 is 14.3 Å². The molecule has 3 aromatic rings. The van der Waals surface area contributed by atoms with E-state index in [1.54, 1.807) is 31.2 Å². The van der Waals surface area contributed by atoms with Gasteiger partial charge in [0.25, 0.3) is 11.8 Å². The lowest BCUT2D eigenvalue weighted by atomic mass is 10.1. The van der Waals surface area contributed by atoms with Gasteiger partial charge in [-0.25, -0.2) is 4.98 Å². The molecule has 6 nitrogen and oxygen atoms in total. The molecule has 0 unspecified atom stereocenters. The summed E-state index contributed by atoms with van der Waals surface area (Å²) >= 11 is 4.69. The first-order valence-electron chi connectivity index (χ1n) is 8.14. The molecule has 8 heteroatoms. The maximum Gasteiger partial charge on any atom is 0.265 e. The van der Waals surface area contributed by atoms with Gasteiger partial charge in [0.2, 0.25) is 0 Å². The molecule has 1 aliphatic heterocycles. The lowest BCUT2D eigenvalue weighted by molar-refractivity contribution is -0.122. The highest BCUT2D eigenvalue weighted by Gasteiger charge is 2.24. The molecular formula is C19H14BrN3O3S. The number of carbonyl (C=O) groups is 2. The molecule has 2 heterocycles. The maximum atomic E-state index is 12.3. The SMILES string of the molecule is C[C@H]1Oc2ccc(-c3csc(NC(=O)c4cccc(Br)c4)n3)cc2NC1=O. The molecular weight excluding hydrogens is 430 g/mol. The van der Waals surface area contributed by atoms with Crippen LogP contribution in [0.15, 0.2) is 52.3 Å². The lowest BCUT2D eigenvalue weighted by Crippen LogP contribution is -2.34. The van der Waals surface area contributed by atoms with Gasteiger partial charge in [-0.1, -0.05) is 22.0 Å². The van der Waals surface area contributed by atoms with Gasteiger partial charge in [-0.15, -0.1) is 11.3 Å². The monoisotopic (exact) mass is 443 g/mol. The Morgan fingerprint density at radius 2 is 2.15 bits per heavy atom. The summed E-state index contributed by atoms with van der Waals surface area (Å²) in [5, 5.41) is 7.98. The Labute approximate surface area is 167 Å². The summed E-state index contributed by atoms with van der Waals surface area (Å²) in [4.78, 5) is 28.6. The third-order valence-corrected chi connectivity index (χ3v) is 5.27. The van der Waals surface area contributed by atoms with Gasteiger partial charge in [-0.2, -0.15) is 0 Å². The highest BCUT2D eigenvalue weighted by Crippen LogP contribution is 2.35. The van der Waals surface area contributed by atoms with Crippen molar-refractivity contribution in [2.24, 2.45) is 0 Å². The number of ether oxygens (including phenoxy) is 1. The maximum absolute atomic E-state index is 12.3. The Bertz CT molecular complexity index is 1050. The number of amides is 2. The van der Waals surface area contributed by atoms with Gasteiger partial charge < -0.3 is 10.1 Å². The summed E-state index contributed by atoms with van der Waals surface area (Å²) in [6.45, 7) is 1.70. The minimum Gasteiger partial charge on any atom is -0.479 e. The van der Waals surface area contributed by atoms with Crippen LogP contribution in [-0.4, -0.2) is 22.9 Å². The Balaban J connectivity index is 1.54. The molecule has 0 spiro atoms. The zero-order valence-electron chi connectivity index (χ0n) is 14.2. The van der Waals surface area contributed by atoms with E-state index in [4.69, 9.17) is 4.74 Å². The molecule has 0 saturated carbocycles. The van der Waals surface area contributed by atoms with Crippen molar-refractivity contribution in [3.8, 4) is 17.0 Å². The van der Waals surface area contributed by atoms with Crippen molar-refractivity contribution in [2.75, 3.05) is 10.6 Å². The Kier molecular flexibility index (Phi) is 4.67. The number of rotatable bonds is 3. The van der Waals surface area contributed by atoms with Crippen LogP contribution in [0.2, 0.25) is 0 Å². The molecule has 1 aromatic heterocycles. The van der Waals surface area contributed by atoms with E-state index in [0.29, 0.717) is 27.8 Å². The van der Waals surface area contributed by atoms with Gasteiger partial charge in [0.05, 0.1) is 11.4 Å². The Morgan fingerprint density at radius 3 is 2.96 bits per heavy atom. The number of hydrogen-bond acceptors (Lipinski definition) is 5. The van der Waals surface area contributed by atoms with Crippen LogP contribution < -0.4 is 15.4 Å². The first-order valence-corrected chi connectivity index (χ1v) is 9.81. The number of halogens is 1. The van der Waals surface area contributed by atoms with Crippen LogP contribution in [0, 0.1) is 0 Å². The number of aromatic nitrogens is 1. The summed E-state index contributed by atoms with van der Waals surface area (Å²) in [7, 11) is 0. The summed E-state index contributed by atoms with van der Waals surface area (Å²) in [6.07, 6.45) is -0.512. The van der Waals surface area contributed by atoms with E-state index in [1.807, 2.05) is 23.6 Å². The third kappa shape index (κ3) is 3.72. The lowest BCUT2D eigenvalue weighted by Gasteiger charge is -2.23. The van der Waals surface area contributed by atoms with E-state index < -0.39 is 6.10 Å². The molecule has 27 heavy (non-hydrogen) atoms. The van der Waals surface area contributed by atoms with E-state index in [1.165, 1.54) is 11.3 Å². The van der Waals surface area contributed by atoms with Gasteiger partial charge in [0, 0.05) is 21.0 Å². The number of nitrogens with one attached hydrogen (secondary N) is 2. The van der Waals surface area contributed by atoms with E-state index in [9.17, 15) is 9.59 Å². The van der Waals surface area contributed by atoms with Gasteiger partial charge in [0.15, 0.2) is 11.2 Å². The Morgan fingerprint density at radius 1 is 1.30 bits per heavy atom. The van der Waals surface area contributed by atoms with Gasteiger partial charge >= 0.3 is 0 Å². The molecule has 0 fully saturated rings. The molecule has 0 bridgehead atoms. The van der Waals surface area contributed by atoms with E-state index in [0.717, 1.165) is 10.0 Å². The fourth-order valence-electron chi connectivity index (χ4n) is 2.63. The fraction of sp³-hybridized carbons (Fsp3) is 0.105. The van der Waals surface area contributed by atoms with E-state index in [2.05, 4.69) is 31.5 Å². The van der Waals surface area contributed by atoms with Crippen molar-refractivity contribution in [2.45, 2.75) is 13.0 Å². The summed E-state index contributed by atoms with van der Waals surface area (Å²) in [5.41, 5.74) is 2.69. The molecule has 2 N–H and O–H groups in total. The molecule has 0 radical (unpaired) electrons. The highest BCUT2D eigenvalue weighted by molar-refractivity contribution is 9.10. The normalized spacial score (nSPS) is 15.5. The Hall–Kier alpha value is -2.71. The number of anilines is 2. The van der Waals surface area contributed by atoms with Crippen molar-refractivity contribution in [3.05, 3.63) is 57.9 Å². The zero-order chi connectivity index (χ0) is 19.0. The summed E-state index contributed by atoms with van der Waals surface area (Å²) in [6, 6.07) is 12.6. The number of hydrogen-bond donors (Lipinski definition) is 2. The molecule has 1 aliphatic rings. The van der Waals surface area contributed by atoms with Gasteiger partial charge in [0.1, 0.15) is 5.75 Å². The third-order valence-electron chi connectivity index (χ3n) is 4.02. The number of carbonyl (C=O) groups excluding carboxylic acids is 2. The van der Waals surface area contributed by atoms with Crippen LogP contribution in [0.3, 0.4) is 0 Å². The smallest absolute Gasteiger partial charge is 0.265 e. The zero-order valence-corrected chi connectivity index (χ0v) is 16.6. The van der Waals surface area contributed by atoms with E-state index in [-0.39, 0.29) is 11.8 Å². The first kappa shape index (κ1) is 17.7. The fourth-order valence-corrected chi connectivity index (χ4v) is 3.74. The molecule has 0 saturated heterocycles. The average Bonchev–Trinajstić information content (AvgIpc) is 3.11. The van der Waals surface area contributed by atoms with Gasteiger partial charge in [-0.3, -0.25) is 14.9 Å². The standard InChI is InChI=1S/C19H14BrN3O3S/c1-10-17(24)21-14-8-11(5-6-16(14)26-10)15-9-27-19(22-15)23-18(25)12-3-2-4-13(20)7-12/h2-10H,1H3,(H,21,24)(H,22,23,25)/t10-/m1/s1. The first-order chi connectivity index (χ1) is 13.0. The van der Waals surface area contributed by atoms with Crippen LogP contribution in [0.4, 0.5) is 10.8 Å². The van der Waals surface area contributed by atoms with Crippen LogP contribution in [0.1, 0.15) is 17.3 Å². The predicted molar refractivity (Wildman–Crippen MR) is 108 cm³/mol. The molecule has 4 rings (SSSR count). The second kappa shape index (κ2) is 7.13. The molecule has 136 valence electrons. The van der Waals surface area contributed by atoms with Crippen LogP contribution in [-0.2, 0) is 4.79 Å². The number of benzene rings is 2. The average molecular weight is 444 g/mol. The molecule has 0 aliphatic carbocycles. The quantitative estimate of drug-likeness (QED) is 0.622. The summed E-state index contributed by atoms with van der Waals surface area (Å²) in [5.74, 6) is 0.224. The van der Waals surface area contributed by atoms with Crippen LogP contribution in [0.25, 0.3) is 11.3 Å². The number of nitrogens with zero attached hydrogens (tertiary/aromatic N) is 1. The largest absolute Gasteiger partial charge is 0.479 e. The predicted octanol–water partition coefficient (Wildman–Crippen LogP) is 4.54. The minimum absolute atomic E-state index is 0.181. The van der Waals surface area contributed by atoms with Gasteiger partial charge in [-0.05, 0) is 43.3 Å². The number of thiazole rings is 1.